The van der Waals surface area contributed by atoms with Gasteiger partial charge in [0, 0.05) is 5.56 Å². The van der Waals surface area contributed by atoms with Gasteiger partial charge in [-0.25, -0.2) is 9.66 Å². The number of nitriles is 1. The Balaban J connectivity index is 1.92. The zero-order valence-corrected chi connectivity index (χ0v) is 11.4. The van der Waals surface area contributed by atoms with E-state index in [1.54, 1.807) is 24.3 Å². The van der Waals surface area contributed by atoms with E-state index in [2.05, 4.69) is 10.4 Å². The predicted molar refractivity (Wildman–Crippen MR) is 80.9 cm³/mol. The van der Waals surface area contributed by atoms with E-state index in [0.29, 0.717) is 22.0 Å². The summed E-state index contributed by atoms with van der Waals surface area (Å²) >= 11 is 0. The van der Waals surface area contributed by atoms with E-state index in [1.165, 1.54) is 30.6 Å². The number of nitrogens with zero attached hydrogens (tertiary/aromatic N) is 3. The second-order valence-electron chi connectivity index (χ2n) is 4.57. The zero-order chi connectivity index (χ0) is 15.5. The second kappa shape index (κ2) is 5.50. The lowest BCUT2D eigenvalue weighted by Crippen LogP contribution is -2.33. The van der Waals surface area contributed by atoms with Gasteiger partial charge in [-0.15, -0.1) is 0 Å². The number of para-hydroxylation sites is 1. The molecule has 1 heterocycles. The molecule has 6 heteroatoms. The number of fused-ring (bicyclic) bond motifs is 1. The van der Waals surface area contributed by atoms with Gasteiger partial charge in [-0.1, -0.05) is 12.1 Å². The topological polar surface area (TPSA) is 87.8 Å². The molecule has 0 fully saturated rings. The van der Waals surface area contributed by atoms with Crippen molar-refractivity contribution in [2.24, 2.45) is 0 Å². The van der Waals surface area contributed by atoms with Gasteiger partial charge in [0.25, 0.3) is 11.5 Å². The third-order valence-corrected chi connectivity index (χ3v) is 3.16. The summed E-state index contributed by atoms with van der Waals surface area (Å²) in [5.41, 5.74) is 3.49. The van der Waals surface area contributed by atoms with Gasteiger partial charge in [0.05, 0.1) is 22.5 Å². The van der Waals surface area contributed by atoms with Crippen LogP contribution in [0.4, 0.5) is 0 Å². The van der Waals surface area contributed by atoms with Gasteiger partial charge in [-0.3, -0.25) is 15.0 Å². The number of benzene rings is 2. The van der Waals surface area contributed by atoms with Crippen LogP contribution >= 0.6 is 0 Å². The maximum absolute atomic E-state index is 12.3. The lowest BCUT2D eigenvalue weighted by molar-refractivity contribution is 0.101. The molecule has 0 spiro atoms. The molecule has 1 aromatic heterocycles. The molecule has 106 valence electrons. The van der Waals surface area contributed by atoms with Crippen molar-refractivity contribution in [1.29, 1.82) is 5.26 Å². The highest BCUT2D eigenvalue weighted by atomic mass is 16.2. The first-order chi connectivity index (χ1) is 10.7. The number of carbonyl (C=O) groups excluding carboxylic acids is 1. The molecule has 0 unspecified atom stereocenters. The van der Waals surface area contributed by atoms with Crippen LogP contribution in [0.1, 0.15) is 15.9 Å². The Morgan fingerprint density at radius 2 is 1.86 bits per heavy atom. The zero-order valence-electron chi connectivity index (χ0n) is 11.4. The summed E-state index contributed by atoms with van der Waals surface area (Å²) in [5, 5.41) is 9.16. The summed E-state index contributed by atoms with van der Waals surface area (Å²) < 4.78 is 1.04. The molecule has 0 aliphatic heterocycles. The largest absolute Gasteiger partial charge is 0.280 e. The minimum absolute atomic E-state index is 0.346. The quantitative estimate of drug-likeness (QED) is 0.777. The Bertz CT molecular complexity index is 952. The molecule has 1 N–H and O–H groups in total. The van der Waals surface area contributed by atoms with Gasteiger partial charge in [0.2, 0.25) is 0 Å². The van der Waals surface area contributed by atoms with Crippen LogP contribution in [0.2, 0.25) is 0 Å². The fourth-order valence-corrected chi connectivity index (χ4v) is 2.02. The summed E-state index contributed by atoms with van der Waals surface area (Å²) in [4.78, 5) is 28.5. The molecular formula is C16H10N4O2. The molecule has 0 aliphatic carbocycles. The molecule has 0 bridgehead atoms. The van der Waals surface area contributed by atoms with Crippen LogP contribution in [-0.2, 0) is 0 Å². The smallest absolute Gasteiger partial charge is 0.267 e. The van der Waals surface area contributed by atoms with E-state index in [9.17, 15) is 9.59 Å². The van der Waals surface area contributed by atoms with E-state index >= 15 is 0 Å². The summed E-state index contributed by atoms with van der Waals surface area (Å²) in [5.74, 6) is -0.455. The van der Waals surface area contributed by atoms with Gasteiger partial charge in [0.1, 0.15) is 6.33 Å². The molecule has 0 saturated carbocycles. The highest BCUT2D eigenvalue weighted by Crippen LogP contribution is 2.05. The fourth-order valence-electron chi connectivity index (χ4n) is 2.02. The summed E-state index contributed by atoms with van der Waals surface area (Å²) in [7, 11) is 0. The number of hydrogen-bond acceptors (Lipinski definition) is 4. The van der Waals surface area contributed by atoms with Crippen LogP contribution in [0.3, 0.4) is 0 Å². The number of carbonyl (C=O) groups is 1. The second-order valence-corrected chi connectivity index (χ2v) is 4.57. The molecule has 22 heavy (non-hydrogen) atoms. The van der Waals surface area contributed by atoms with Gasteiger partial charge >= 0.3 is 0 Å². The highest BCUT2D eigenvalue weighted by Gasteiger charge is 2.09. The number of nitrogens with one attached hydrogen (secondary N) is 1. The number of hydrogen-bond donors (Lipinski definition) is 1. The molecular weight excluding hydrogens is 280 g/mol. The van der Waals surface area contributed by atoms with Crippen LogP contribution in [0.5, 0.6) is 0 Å². The minimum atomic E-state index is -0.455. The first-order valence-electron chi connectivity index (χ1n) is 6.47. The van der Waals surface area contributed by atoms with E-state index in [-0.39, 0.29) is 5.56 Å². The maximum Gasteiger partial charge on any atom is 0.280 e. The number of amides is 1. The Morgan fingerprint density at radius 1 is 1.14 bits per heavy atom. The molecule has 3 aromatic rings. The van der Waals surface area contributed by atoms with Gasteiger partial charge in [0.15, 0.2) is 0 Å². The number of rotatable bonds is 2. The Hall–Kier alpha value is -3.46. The molecule has 1 amide bonds. The van der Waals surface area contributed by atoms with Crippen molar-refractivity contribution < 1.29 is 4.79 Å². The fraction of sp³-hybridized carbons (Fsp3) is 0. The normalized spacial score (nSPS) is 10.1. The van der Waals surface area contributed by atoms with E-state index < -0.39 is 5.91 Å². The van der Waals surface area contributed by atoms with Gasteiger partial charge in [-0.05, 0) is 36.4 Å². The first kappa shape index (κ1) is 13.5. The number of aromatic nitrogens is 2. The first-order valence-corrected chi connectivity index (χ1v) is 6.47. The van der Waals surface area contributed by atoms with Crippen molar-refractivity contribution in [3.05, 3.63) is 76.3 Å². The van der Waals surface area contributed by atoms with E-state index in [1.807, 2.05) is 6.07 Å². The summed E-state index contributed by atoms with van der Waals surface area (Å²) in [6.45, 7) is 0. The van der Waals surface area contributed by atoms with Crippen LogP contribution < -0.4 is 11.0 Å². The van der Waals surface area contributed by atoms with Crippen LogP contribution in [0.25, 0.3) is 10.9 Å². The lowest BCUT2D eigenvalue weighted by Gasteiger charge is -2.08. The Kier molecular flexibility index (Phi) is 3.38. The monoisotopic (exact) mass is 290 g/mol. The molecule has 3 rings (SSSR count). The van der Waals surface area contributed by atoms with Crippen molar-refractivity contribution in [3.63, 3.8) is 0 Å². The summed E-state index contributed by atoms with van der Waals surface area (Å²) in [6.07, 6.45) is 1.27. The maximum atomic E-state index is 12.3. The van der Waals surface area contributed by atoms with Crippen molar-refractivity contribution >= 4 is 16.8 Å². The van der Waals surface area contributed by atoms with Crippen LogP contribution in [0.15, 0.2) is 59.7 Å². The molecule has 0 aliphatic rings. The van der Waals surface area contributed by atoms with Crippen molar-refractivity contribution in [2.75, 3.05) is 5.43 Å². The third kappa shape index (κ3) is 2.43. The Morgan fingerprint density at radius 3 is 2.59 bits per heavy atom. The average molecular weight is 290 g/mol. The van der Waals surface area contributed by atoms with Crippen LogP contribution in [0, 0.1) is 11.3 Å². The minimum Gasteiger partial charge on any atom is -0.267 e. The summed E-state index contributed by atoms with van der Waals surface area (Å²) in [6, 6.07) is 15.0. The van der Waals surface area contributed by atoms with Gasteiger partial charge in [-0.2, -0.15) is 5.26 Å². The lowest BCUT2D eigenvalue weighted by atomic mass is 10.1. The SMILES string of the molecule is N#Cc1ccc(C(=O)Nn2cnc3ccccc3c2=O)cc1. The van der Waals surface area contributed by atoms with Crippen molar-refractivity contribution in [3.8, 4) is 6.07 Å². The molecule has 2 aromatic carbocycles. The molecule has 0 radical (unpaired) electrons. The van der Waals surface area contributed by atoms with E-state index in [4.69, 9.17) is 5.26 Å². The highest BCUT2D eigenvalue weighted by molar-refractivity contribution is 6.00. The van der Waals surface area contributed by atoms with Crippen molar-refractivity contribution in [2.45, 2.75) is 0 Å². The van der Waals surface area contributed by atoms with Crippen molar-refractivity contribution in [1.82, 2.24) is 9.66 Å². The van der Waals surface area contributed by atoms with E-state index in [0.717, 1.165) is 4.68 Å². The van der Waals surface area contributed by atoms with Gasteiger partial charge < -0.3 is 0 Å². The van der Waals surface area contributed by atoms with Crippen LogP contribution in [-0.4, -0.2) is 15.6 Å². The third-order valence-electron chi connectivity index (χ3n) is 3.16. The average Bonchev–Trinajstić information content (AvgIpc) is 2.57. The Labute approximate surface area is 125 Å². The standard InChI is InChI=1S/C16H10N4O2/c17-9-11-5-7-12(8-6-11)15(21)19-20-10-18-14-4-2-1-3-13(14)16(20)22/h1-8,10H,(H,19,21). The molecule has 0 atom stereocenters. The molecule has 6 nitrogen and oxygen atoms in total. The predicted octanol–water partition coefficient (Wildman–Crippen LogP) is 1.65. The molecule has 0 saturated heterocycles.